The van der Waals surface area contributed by atoms with E-state index in [4.69, 9.17) is 16.0 Å². The molecule has 11 heteroatoms. The van der Waals surface area contributed by atoms with Crippen molar-refractivity contribution in [2.75, 3.05) is 38.5 Å². The van der Waals surface area contributed by atoms with Gasteiger partial charge in [-0.2, -0.15) is 4.31 Å². The lowest BCUT2D eigenvalue weighted by Gasteiger charge is -2.40. The highest BCUT2D eigenvalue weighted by atomic mass is 35.5. The lowest BCUT2D eigenvalue weighted by atomic mass is 10.0. The molecular formula is C23H42ClN3O4S2Si. The van der Waals surface area contributed by atoms with Crippen molar-refractivity contribution in [3.8, 4) is 0 Å². The van der Waals surface area contributed by atoms with Crippen molar-refractivity contribution in [1.82, 2.24) is 14.5 Å². The van der Waals surface area contributed by atoms with Crippen LogP contribution in [0.5, 0.6) is 0 Å². The molecule has 34 heavy (non-hydrogen) atoms. The summed E-state index contributed by atoms with van der Waals surface area (Å²) in [6.07, 6.45) is 1.61. The first kappa shape index (κ1) is 29.7. The van der Waals surface area contributed by atoms with E-state index >= 15 is 0 Å². The molecule has 1 aromatic heterocycles. The molecule has 0 atom stereocenters. The summed E-state index contributed by atoms with van der Waals surface area (Å²) in [5.74, 6) is -0.437. The first-order valence-electron chi connectivity index (χ1n) is 12.0. The largest absolute Gasteiger partial charge is 0.415 e. The van der Waals surface area contributed by atoms with Gasteiger partial charge in [0, 0.05) is 31.8 Å². The van der Waals surface area contributed by atoms with E-state index in [9.17, 15) is 13.2 Å². The SMILES string of the molecule is CC(C)N1CCC(N(CCO[Si](C)(C)C(C)(C)C)S(=O)(=O)CCNC(=O)c2ccc(Cl)s2)CC1. The molecule has 1 saturated heterocycles. The maximum Gasteiger partial charge on any atom is 0.261 e. The van der Waals surface area contributed by atoms with Gasteiger partial charge in [0.1, 0.15) is 0 Å². The molecule has 196 valence electrons. The summed E-state index contributed by atoms with van der Waals surface area (Å²) in [4.78, 5) is 15.2. The summed E-state index contributed by atoms with van der Waals surface area (Å²) in [5.41, 5.74) is 0. The van der Waals surface area contributed by atoms with Crippen molar-refractivity contribution in [2.24, 2.45) is 0 Å². The van der Waals surface area contributed by atoms with Gasteiger partial charge >= 0.3 is 0 Å². The number of hydrogen-bond acceptors (Lipinski definition) is 6. The second-order valence-corrected chi connectivity index (χ2v) is 19.3. The molecule has 2 rings (SSSR count). The van der Waals surface area contributed by atoms with Crippen molar-refractivity contribution in [3.63, 3.8) is 0 Å². The minimum Gasteiger partial charge on any atom is -0.415 e. The van der Waals surface area contributed by atoms with Crippen LogP contribution in [0.25, 0.3) is 0 Å². The zero-order valence-corrected chi connectivity index (χ0v) is 25.1. The van der Waals surface area contributed by atoms with E-state index in [0.29, 0.717) is 28.4 Å². The fourth-order valence-corrected chi connectivity index (χ4v) is 7.39. The van der Waals surface area contributed by atoms with Crippen LogP contribution in [-0.4, -0.2) is 82.5 Å². The zero-order valence-electron chi connectivity index (χ0n) is 21.7. The number of halogens is 1. The Morgan fingerprint density at radius 1 is 1.29 bits per heavy atom. The number of carbonyl (C=O) groups excluding carboxylic acids is 1. The van der Waals surface area contributed by atoms with Gasteiger partial charge in [0.25, 0.3) is 5.91 Å². The van der Waals surface area contributed by atoms with Crippen LogP contribution < -0.4 is 5.32 Å². The van der Waals surface area contributed by atoms with Crippen LogP contribution in [0.1, 0.15) is 57.1 Å². The lowest BCUT2D eigenvalue weighted by Crippen LogP contribution is -2.51. The number of sulfonamides is 1. The van der Waals surface area contributed by atoms with Gasteiger partial charge in [-0.3, -0.25) is 4.79 Å². The Kier molecular flexibility index (Phi) is 10.6. The van der Waals surface area contributed by atoms with Crippen LogP contribution >= 0.6 is 22.9 Å². The first-order chi connectivity index (χ1) is 15.6. The van der Waals surface area contributed by atoms with Gasteiger partial charge in [0.05, 0.1) is 15.0 Å². The topological polar surface area (TPSA) is 79.0 Å². The standard InChI is InChI=1S/C23H42ClN3O4S2Si/c1-18(2)26-13-10-19(11-14-26)27(15-16-31-34(6,7)23(3,4)5)33(29,30)17-12-25-22(28)20-8-9-21(24)32-20/h8-9,18-19H,10-17H2,1-7H3,(H,25,28). The molecule has 0 bridgehead atoms. The number of rotatable bonds is 11. The highest BCUT2D eigenvalue weighted by Gasteiger charge is 2.38. The summed E-state index contributed by atoms with van der Waals surface area (Å²) >= 11 is 7.08. The third-order valence-electron chi connectivity index (χ3n) is 7.02. The average molecular weight is 552 g/mol. The Bertz CT molecular complexity index is 908. The molecule has 2 heterocycles. The van der Waals surface area contributed by atoms with Crippen LogP contribution in [0.4, 0.5) is 0 Å². The molecule has 0 unspecified atom stereocenters. The van der Waals surface area contributed by atoms with Crippen molar-refractivity contribution in [3.05, 3.63) is 21.3 Å². The van der Waals surface area contributed by atoms with Gasteiger partial charge < -0.3 is 14.6 Å². The van der Waals surface area contributed by atoms with Crippen molar-refractivity contribution in [2.45, 2.75) is 77.7 Å². The van der Waals surface area contributed by atoms with Crippen molar-refractivity contribution < 1.29 is 17.6 Å². The molecule has 0 radical (unpaired) electrons. The van der Waals surface area contributed by atoms with Gasteiger partial charge in [0.2, 0.25) is 10.0 Å². The van der Waals surface area contributed by atoms with Crippen LogP contribution in [0, 0.1) is 0 Å². The van der Waals surface area contributed by atoms with E-state index in [0.717, 1.165) is 25.9 Å². The number of amides is 1. The van der Waals surface area contributed by atoms with Crippen LogP contribution in [0.3, 0.4) is 0 Å². The van der Waals surface area contributed by atoms with E-state index in [-0.39, 0.29) is 29.3 Å². The number of hydrogen-bond donors (Lipinski definition) is 1. The molecule has 1 aromatic rings. The van der Waals surface area contributed by atoms with E-state index < -0.39 is 18.3 Å². The molecular weight excluding hydrogens is 510 g/mol. The predicted molar refractivity (Wildman–Crippen MR) is 145 cm³/mol. The van der Waals surface area contributed by atoms with Crippen LogP contribution in [-0.2, 0) is 14.4 Å². The minimum absolute atomic E-state index is 0.0465. The molecule has 0 aliphatic carbocycles. The second kappa shape index (κ2) is 12.2. The summed E-state index contributed by atoms with van der Waals surface area (Å²) < 4.78 is 35.3. The molecule has 1 aliphatic rings. The quantitative estimate of drug-likeness (QED) is 0.405. The summed E-state index contributed by atoms with van der Waals surface area (Å²) in [6, 6.07) is 3.71. The van der Waals surface area contributed by atoms with E-state index in [1.807, 2.05) is 0 Å². The van der Waals surface area contributed by atoms with Gasteiger partial charge in [-0.05, 0) is 70.0 Å². The number of carbonyl (C=O) groups is 1. The normalized spacial score (nSPS) is 17.0. The number of nitrogens with one attached hydrogen (secondary N) is 1. The van der Waals surface area contributed by atoms with Gasteiger partial charge in [-0.15, -0.1) is 11.3 Å². The predicted octanol–water partition coefficient (Wildman–Crippen LogP) is 4.66. The third-order valence-corrected chi connectivity index (χ3v) is 14.7. The van der Waals surface area contributed by atoms with E-state index in [2.05, 4.69) is 57.9 Å². The zero-order chi connectivity index (χ0) is 25.7. The average Bonchev–Trinajstić information content (AvgIpc) is 3.16. The Morgan fingerprint density at radius 3 is 2.41 bits per heavy atom. The Hall–Kier alpha value is -0.493. The van der Waals surface area contributed by atoms with Gasteiger partial charge in [-0.25, -0.2) is 8.42 Å². The molecule has 7 nitrogen and oxygen atoms in total. The van der Waals surface area contributed by atoms with E-state index in [1.165, 1.54) is 11.3 Å². The van der Waals surface area contributed by atoms with Gasteiger partial charge in [0.15, 0.2) is 8.32 Å². The van der Waals surface area contributed by atoms with Crippen molar-refractivity contribution >= 4 is 47.2 Å². The fraction of sp³-hybridized carbons (Fsp3) is 0.783. The number of likely N-dealkylation sites (tertiary alicyclic amines) is 1. The van der Waals surface area contributed by atoms with Gasteiger partial charge in [-0.1, -0.05) is 32.4 Å². The highest BCUT2D eigenvalue weighted by molar-refractivity contribution is 7.89. The highest BCUT2D eigenvalue weighted by Crippen LogP contribution is 2.36. The van der Waals surface area contributed by atoms with Crippen LogP contribution in [0.15, 0.2) is 12.1 Å². The molecule has 0 spiro atoms. The molecule has 0 aromatic carbocycles. The first-order valence-corrected chi connectivity index (χ1v) is 17.8. The summed E-state index contributed by atoms with van der Waals surface area (Å²) in [5, 5.41) is 2.79. The second-order valence-electron chi connectivity index (χ2n) is 10.8. The Labute approximate surface area is 216 Å². The molecule has 0 saturated carbocycles. The van der Waals surface area contributed by atoms with Crippen molar-refractivity contribution in [1.29, 1.82) is 0 Å². The molecule has 1 fully saturated rings. The summed E-state index contributed by atoms with van der Waals surface area (Å²) in [7, 11) is -5.55. The maximum atomic E-state index is 13.4. The number of thiophene rings is 1. The molecule has 1 N–H and O–H groups in total. The molecule has 1 amide bonds. The lowest BCUT2D eigenvalue weighted by molar-refractivity contribution is 0.0960. The molecule has 1 aliphatic heterocycles. The number of piperidine rings is 1. The summed E-state index contributed by atoms with van der Waals surface area (Å²) in [6.45, 7) is 17.8. The smallest absolute Gasteiger partial charge is 0.261 e. The Balaban J connectivity index is 2.04. The maximum absolute atomic E-state index is 13.4. The minimum atomic E-state index is -3.57. The fourth-order valence-electron chi connectivity index (χ4n) is 3.78. The van der Waals surface area contributed by atoms with E-state index in [1.54, 1.807) is 16.4 Å². The monoisotopic (exact) mass is 551 g/mol. The van der Waals surface area contributed by atoms with Crippen LogP contribution in [0.2, 0.25) is 22.5 Å². The number of nitrogens with zero attached hydrogens (tertiary/aromatic N) is 2. The third kappa shape index (κ3) is 8.28. The Morgan fingerprint density at radius 2 is 1.91 bits per heavy atom.